The lowest BCUT2D eigenvalue weighted by Gasteiger charge is -2.03. The van der Waals surface area contributed by atoms with E-state index < -0.39 is 6.04 Å². The summed E-state index contributed by atoms with van der Waals surface area (Å²) in [7, 11) is 0. The normalized spacial score (nSPS) is 12.9. The van der Waals surface area contributed by atoms with Gasteiger partial charge in [0.15, 0.2) is 0 Å². The molecule has 0 aromatic carbocycles. The van der Waals surface area contributed by atoms with Crippen LogP contribution >= 0.6 is 12.8 Å². The van der Waals surface area contributed by atoms with Crippen LogP contribution in [0.25, 0.3) is 0 Å². The number of hydrogen-bond donors (Lipinski definition) is 4. The van der Waals surface area contributed by atoms with Gasteiger partial charge >= 0.3 is 0 Å². The molecule has 8 heavy (non-hydrogen) atoms. The Morgan fingerprint density at radius 2 is 2.38 bits per heavy atom. The van der Waals surface area contributed by atoms with Crippen LogP contribution in [0, 0.1) is 0 Å². The second kappa shape index (κ2) is 3.71. The lowest BCUT2D eigenvalue weighted by Crippen LogP contribution is -2.42. The Morgan fingerprint density at radius 1 is 1.88 bits per heavy atom. The number of rotatable bonds is 2. The number of nitrogens with one attached hydrogen (secondary N) is 1. The molecule has 1 amide bonds. The van der Waals surface area contributed by atoms with Gasteiger partial charge in [0.1, 0.15) is 0 Å². The number of thiol groups is 1. The molecular weight excluding hydrogens is 126 g/mol. The molecule has 5 N–H and O–H groups in total. The highest BCUT2D eigenvalue weighted by Crippen LogP contribution is 1.73. The second-order valence-corrected chi connectivity index (χ2v) is 1.54. The van der Waals surface area contributed by atoms with E-state index in [-0.39, 0.29) is 12.5 Å². The maximum absolute atomic E-state index is 10.4. The molecule has 0 radical (unpaired) electrons. The van der Waals surface area contributed by atoms with Gasteiger partial charge in [0, 0.05) is 6.54 Å². The van der Waals surface area contributed by atoms with Crippen molar-refractivity contribution in [2.24, 2.45) is 11.5 Å². The number of hydrogen-bond acceptors (Lipinski definition) is 4. The van der Waals surface area contributed by atoms with Gasteiger partial charge in [0.05, 0.1) is 6.04 Å². The van der Waals surface area contributed by atoms with Crippen LogP contribution in [0.15, 0.2) is 0 Å². The zero-order chi connectivity index (χ0) is 6.57. The van der Waals surface area contributed by atoms with Gasteiger partial charge in [-0.2, -0.15) is 0 Å². The minimum absolute atomic E-state index is 0.145. The Bertz CT molecular complexity index is 86.6. The zero-order valence-electron chi connectivity index (χ0n) is 4.29. The lowest BCUT2D eigenvalue weighted by atomic mass is 10.3. The van der Waals surface area contributed by atoms with Crippen LogP contribution in [0.4, 0.5) is 0 Å². The predicted molar refractivity (Wildman–Crippen MR) is 34.2 cm³/mol. The van der Waals surface area contributed by atoms with E-state index in [0.717, 1.165) is 0 Å². The summed E-state index contributed by atoms with van der Waals surface area (Å²) in [6.45, 7) is 0.145. The van der Waals surface area contributed by atoms with E-state index in [2.05, 4.69) is 17.5 Å². The van der Waals surface area contributed by atoms with Crippen LogP contribution in [0.3, 0.4) is 0 Å². The molecule has 4 nitrogen and oxygen atoms in total. The SMILES string of the molecule is NCC(N)C(=O)NS. The summed E-state index contributed by atoms with van der Waals surface area (Å²) >= 11 is 3.47. The lowest BCUT2D eigenvalue weighted by molar-refractivity contribution is -0.120. The maximum atomic E-state index is 10.4. The van der Waals surface area contributed by atoms with Crippen LogP contribution in [0.2, 0.25) is 0 Å². The van der Waals surface area contributed by atoms with Crippen LogP contribution < -0.4 is 16.2 Å². The smallest absolute Gasteiger partial charge is 0.247 e. The molecule has 0 saturated carbocycles. The Hall–Kier alpha value is -0.260. The van der Waals surface area contributed by atoms with Crippen molar-refractivity contribution in [1.82, 2.24) is 4.72 Å². The van der Waals surface area contributed by atoms with Gasteiger partial charge in [-0.25, -0.2) is 0 Å². The molecule has 0 saturated heterocycles. The van der Waals surface area contributed by atoms with Crippen molar-refractivity contribution in [1.29, 1.82) is 0 Å². The number of amides is 1. The Balaban J connectivity index is 3.46. The quantitative estimate of drug-likeness (QED) is 0.338. The van der Waals surface area contributed by atoms with Gasteiger partial charge < -0.3 is 16.2 Å². The predicted octanol–water partition coefficient (Wildman–Crippen LogP) is -1.77. The third-order valence-corrected chi connectivity index (χ3v) is 0.921. The van der Waals surface area contributed by atoms with E-state index in [9.17, 15) is 4.79 Å². The topological polar surface area (TPSA) is 81.1 Å². The molecule has 0 bridgehead atoms. The third kappa shape index (κ3) is 2.15. The molecule has 0 aromatic heterocycles. The molecule has 0 fully saturated rings. The van der Waals surface area contributed by atoms with Crippen molar-refractivity contribution in [2.75, 3.05) is 6.54 Å². The van der Waals surface area contributed by atoms with Crippen LogP contribution in [-0.4, -0.2) is 18.5 Å². The molecule has 0 rings (SSSR count). The molecule has 0 aliphatic carbocycles. The first-order chi connectivity index (χ1) is 3.72. The van der Waals surface area contributed by atoms with E-state index in [4.69, 9.17) is 11.5 Å². The maximum Gasteiger partial charge on any atom is 0.247 e. The summed E-state index contributed by atoms with van der Waals surface area (Å²) in [4.78, 5) is 10.4. The van der Waals surface area contributed by atoms with E-state index in [1.807, 2.05) is 0 Å². The monoisotopic (exact) mass is 135 g/mol. The van der Waals surface area contributed by atoms with Crippen molar-refractivity contribution in [2.45, 2.75) is 6.04 Å². The molecule has 48 valence electrons. The van der Waals surface area contributed by atoms with Gasteiger partial charge in [-0.1, -0.05) is 12.8 Å². The number of carbonyl (C=O) groups is 1. The van der Waals surface area contributed by atoms with Crippen LogP contribution in [-0.2, 0) is 4.79 Å². The zero-order valence-corrected chi connectivity index (χ0v) is 5.19. The Kier molecular flexibility index (Phi) is 3.59. The Labute approximate surface area is 53.2 Å². The van der Waals surface area contributed by atoms with Gasteiger partial charge in [0.25, 0.3) is 0 Å². The molecule has 1 atom stereocenters. The van der Waals surface area contributed by atoms with Crippen molar-refractivity contribution in [3.63, 3.8) is 0 Å². The van der Waals surface area contributed by atoms with Gasteiger partial charge in [0.2, 0.25) is 5.91 Å². The highest BCUT2D eigenvalue weighted by atomic mass is 32.1. The van der Waals surface area contributed by atoms with Crippen LogP contribution in [0.5, 0.6) is 0 Å². The summed E-state index contributed by atoms with van der Waals surface area (Å²) in [5, 5.41) is 0. The fourth-order valence-corrected chi connectivity index (χ4v) is 0.356. The molecule has 0 heterocycles. The number of nitrogens with two attached hydrogens (primary N) is 2. The second-order valence-electron chi connectivity index (χ2n) is 1.32. The van der Waals surface area contributed by atoms with Crippen LogP contribution in [0.1, 0.15) is 0 Å². The average Bonchev–Trinajstić information content (AvgIpc) is 1.84. The highest BCUT2D eigenvalue weighted by molar-refractivity contribution is 7.78. The fourth-order valence-electron chi connectivity index (χ4n) is 0.190. The summed E-state index contributed by atoms with van der Waals surface area (Å²) in [5.74, 6) is -0.351. The van der Waals surface area contributed by atoms with Crippen molar-refractivity contribution < 1.29 is 4.79 Å². The molecule has 0 aliphatic rings. The summed E-state index contributed by atoms with van der Waals surface area (Å²) in [6.07, 6.45) is 0. The van der Waals surface area contributed by atoms with Crippen molar-refractivity contribution >= 4 is 18.7 Å². The Morgan fingerprint density at radius 3 is 2.50 bits per heavy atom. The fraction of sp³-hybridized carbons (Fsp3) is 0.667. The van der Waals surface area contributed by atoms with E-state index in [1.54, 1.807) is 0 Å². The first kappa shape index (κ1) is 7.74. The average molecular weight is 135 g/mol. The minimum atomic E-state index is -0.632. The third-order valence-electron chi connectivity index (χ3n) is 0.701. The van der Waals surface area contributed by atoms with Gasteiger partial charge in [-0.05, 0) is 0 Å². The van der Waals surface area contributed by atoms with E-state index in [0.29, 0.717) is 0 Å². The molecule has 0 aromatic rings. The van der Waals surface area contributed by atoms with Gasteiger partial charge in [-0.3, -0.25) is 4.79 Å². The first-order valence-corrected chi connectivity index (χ1v) is 2.56. The minimum Gasteiger partial charge on any atom is -0.328 e. The first-order valence-electron chi connectivity index (χ1n) is 2.12. The largest absolute Gasteiger partial charge is 0.328 e. The molecular formula is C3H9N3OS. The van der Waals surface area contributed by atoms with Crippen molar-refractivity contribution in [3.8, 4) is 0 Å². The van der Waals surface area contributed by atoms with E-state index in [1.165, 1.54) is 0 Å². The standard InChI is InChI=1S/C3H9N3OS/c4-1-2(5)3(7)6-8/h2,8H,1,4-5H2,(H,6,7). The van der Waals surface area contributed by atoms with Gasteiger partial charge in [-0.15, -0.1) is 0 Å². The molecule has 0 spiro atoms. The molecule has 5 heteroatoms. The summed E-state index contributed by atoms with van der Waals surface area (Å²) in [5.41, 5.74) is 10.2. The van der Waals surface area contributed by atoms with Crippen molar-refractivity contribution in [3.05, 3.63) is 0 Å². The summed E-state index contributed by atoms with van der Waals surface area (Å²) < 4.78 is 2.07. The molecule has 1 unspecified atom stereocenters. The number of carbonyl (C=O) groups excluding carboxylic acids is 1. The molecule has 0 aliphatic heterocycles. The highest BCUT2D eigenvalue weighted by Gasteiger charge is 2.07. The van der Waals surface area contributed by atoms with E-state index >= 15 is 0 Å². The summed E-state index contributed by atoms with van der Waals surface area (Å²) in [6, 6.07) is -0.632.